The van der Waals surface area contributed by atoms with Gasteiger partial charge in [-0.15, -0.1) is 0 Å². The number of hydrogen-bond acceptors (Lipinski definition) is 7. The van der Waals surface area contributed by atoms with Crippen molar-refractivity contribution in [1.82, 2.24) is 0 Å². The van der Waals surface area contributed by atoms with Crippen LogP contribution in [0.3, 0.4) is 0 Å². The van der Waals surface area contributed by atoms with Crippen LogP contribution in [-0.2, 0) is 16.1 Å². The van der Waals surface area contributed by atoms with Crippen LogP contribution in [0.2, 0.25) is 0 Å². The second kappa shape index (κ2) is 9.88. The van der Waals surface area contributed by atoms with E-state index in [0.29, 0.717) is 34.8 Å². The fraction of sp³-hybridized carbons (Fsp3) is 0.120. The van der Waals surface area contributed by atoms with Gasteiger partial charge in [0.15, 0.2) is 17.2 Å². The molecule has 0 radical (unpaired) electrons. The number of rotatable bonds is 7. The molecule has 0 saturated heterocycles. The summed E-state index contributed by atoms with van der Waals surface area (Å²) in [5.74, 6) is 0.413. The van der Waals surface area contributed by atoms with Gasteiger partial charge >= 0.3 is 5.97 Å². The first-order valence-electron chi connectivity index (χ1n) is 10.2. The number of esters is 1. The van der Waals surface area contributed by atoms with Crippen molar-refractivity contribution >= 4 is 39.6 Å². The Hall–Kier alpha value is -3.98. The van der Waals surface area contributed by atoms with Crippen molar-refractivity contribution in [1.29, 1.82) is 0 Å². The highest BCUT2D eigenvalue weighted by Gasteiger charge is 2.26. The van der Waals surface area contributed by atoms with Gasteiger partial charge in [0.05, 0.1) is 12.0 Å². The second-order valence-electron chi connectivity index (χ2n) is 7.42. The monoisotopic (exact) mass is 522 g/mol. The number of hydrogen-bond donors (Lipinski definition) is 0. The molecule has 1 aliphatic heterocycles. The van der Waals surface area contributed by atoms with Gasteiger partial charge in [0.25, 0.3) is 5.69 Å². The third-order valence-corrected chi connectivity index (χ3v) is 5.54. The molecular formula is C25H19BrN2O6. The summed E-state index contributed by atoms with van der Waals surface area (Å²) in [6, 6.07) is 17.6. The fourth-order valence-electron chi connectivity index (χ4n) is 3.31. The number of nitro benzene ring substituents is 1. The lowest BCUT2D eigenvalue weighted by Crippen LogP contribution is -2.06. The Kier molecular flexibility index (Phi) is 6.74. The highest BCUT2D eigenvalue weighted by molar-refractivity contribution is 9.10. The highest BCUT2D eigenvalue weighted by Crippen LogP contribution is 2.31. The van der Waals surface area contributed by atoms with Crippen LogP contribution >= 0.6 is 15.9 Å². The number of benzene rings is 3. The molecule has 1 heterocycles. The largest absolute Gasteiger partial charge is 0.493 e. The number of aryl methyl sites for hydroxylation is 1. The molecule has 172 valence electrons. The summed E-state index contributed by atoms with van der Waals surface area (Å²) in [5, 5.41) is 11.2. The summed E-state index contributed by atoms with van der Waals surface area (Å²) in [4.78, 5) is 27.3. The molecule has 0 amide bonds. The van der Waals surface area contributed by atoms with E-state index >= 15 is 0 Å². The van der Waals surface area contributed by atoms with Gasteiger partial charge in [-0.25, -0.2) is 9.79 Å². The maximum absolute atomic E-state index is 12.4. The van der Waals surface area contributed by atoms with Crippen molar-refractivity contribution in [3.05, 3.63) is 103 Å². The van der Waals surface area contributed by atoms with Gasteiger partial charge in [-0.2, -0.15) is 0 Å². The van der Waals surface area contributed by atoms with Crippen molar-refractivity contribution < 1.29 is 23.9 Å². The topological polar surface area (TPSA) is 100 Å². The number of cyclic esters (lactones) is 1. The van der Waals surface area contributed by atoms with Crippen LogP contribution in [0.5, 0.6) is 11.5 Å². The van der Waals surface area contributed by atoms with E-state index in [4.69, 9.17) is 14.2 Å². The van der Waals surface area contributed by atoms with E-state index in [1.54, 1.807) is 43.3 Å². The summed E-state index contributed by atoms with van der Waals surface area (Å²) < 4.78 is 17.5. The first-order chi connectivity index (χ1) is 16.3. The Bertz CT molecular complexity index is 1350. The van der Waals surface area contributed by atoms with Crippen molar-refractivity contribution in [2.75, 3.05) is 7.11 Å². The maximum atomic E-state index is 12.4. The molecular weight excluding hydrogens is 504 g/mol. The standard InChI is InChI=1S/C25H19BrN2O6/c1-15-6-8-18(13-21(15)28(30)31)24-27-20(25(29)34-24)11-16-7-9-22(23(12-16)32-2)33-14-17-4-3-5-19(26)10-17/h3-13H,14H2,1-2H3/b20-11-. The zero-order valence-electron chi connectivity index (χ0n) is 18.3. The summed E-state index contributed by atoms with van der Waals surface area (Å²) in [5.41, 5.74) is 2.50. The molecule has 0 fully saturated rings. The number of nitro groups is 1. The molecule has 0 bridgehead atoms. The molecule has 0 spiro atoms. The van der Waals surface area contributed by atoms with Crippen LogP contribution in [0, 0.1) is 17.0 Å². The van der Waals surface area contributed by atoms with E-state index in [2.05, 4.69) is 20.9 Å². The van der Waals surface area contributed by atoms with Crippen LogP contribution in [0.25, 0.3) is 6.08 Å². The number of methoxy groups -OCH3 is 1. The van der Waals surface area contributed by atoms with E-state index in [0.717, 1.165) is 10.0 Å². The van der Waals surface area contributed by atoms with E-state index < -0.39 is 10.9 Å². The van der Waals surface area contributed by atoms with E-state index in [-0.39, 0.29) is 17.3 Å². The molecule has 9 heteroatoms. The lowest BCUT2D eigenvalue weighted by Gasteiger charge is -2.11. The molecule has 3 aromatic carbocycles. The predicted octanol–water partition coefficient (Wildman–Crippen LogP) is 5.60. The smallest absolute Gasteiger partial charge is 0.363 e. The quantitative estimate of drug-likeness (QED) is 0.173. The van der Waals surface area contributed by atoms with Gasteiger partial charge in [-0.3, -0.25) is 10.1 Å². The van der Waals surface area contributed by atoms with Gasteiger partial charge in [0, 0.05) is 21.7 Å². The van der Waals surface area contributed by atoms with Crippen LogP contribution in [0.15, 0.2) is 75.8 Å². The Morgan fingerprint density at radius 2 is 1.94 bits per heavy atom. The molecule has 1 aliphatic rings. The van der Waals surface area contributed by atoms with Crippen LogP contribution in [0.1, 0.15) is 22.3 Å². The molecule has 0 aliphatic carbocycles. The Labute approximate surface area is 203 Å². The molecule has 34 heavy (non-hydrogen) atoms. The second-order valence-corrected chi connectivity index (χ2v) is 8.34. The van der Waals surface area contributed by atoms with Crippen LogP contribution in [0.4, 0.5) is 5.69 Å². The van der Waals surface area contributed by atoms with Crippen LogP contribution in [-0.4, -0.2) is 23.9 Å². The van der Waals surface area contributed by atoms with E-state index in [9.17, 15) is 14.9 Å². The van der Waals surface area contributed by atoms with Crippen molar-refractivity contribution in [3.63, 3.8) is 0 Å². The third kappa shape index (κ3) is 5.15. The molecule has 0 atom stereocenters. The highest BCUT2D eigenvalue weighted by atomic mass is 79.9. The number of halogens is 1. The Morgan fingerprint density at radius 1 is 1.12 bits per heavy atom. The molecule has 0 unspecified atom stereocenters. The molecule has 3 aromatic rings. The first kappa shape index (κ1) is 23.2. The van der Waals surface area contributed by atoms with Gasteiger partial charge in [-0.05, 0) is 54.5 Å². The van der Waals surface area contributed by atoms with E-state index in [1.807, 2.05) is 24.3 Å². The fourth-order valence-corrected chi connectivity index (χ4v) is 3.76. The molecule has 4 rings (SSSR count). The minimum Gasteiger partial charge on any atom is -0.493 e. The zero-order chi connectivity index (χ0) is 24.2. The average Bonchev–Trinajstić information content (AvgIpc) is 3.18. The minimum atomic E-state index is -0.646. The lowest BCUT2D eigenvalue weighted by atomic mass is 10.1. The minimum absolute atomic E-state index is 0.0142. The SMILES string of the molecule is COc1cc(/C=C2\N=C(c3ccc(C)c([N+](=O)[O-])c3)OC2=O)ccc1OCc1cccc(Br)c1. The molecule has 0 saturated carbocycles. The normalized spacial score (nSPS) is 14.0. The Morgan fingerprint density at radius 3 is 2.68 bits per heavy atom. The number of nitrogens with zero attached hydrogens (tertiary/aromatic N) is 2. The summed E-state index contributed by atoms with van der Waals surface area (Å²) in [6.45, 7) is 1.99. The van der Waals surface area contributed by atoms with Gasteiger partial charge in [-0.1, -0.05) is 40.2 Å². The molecule has 0 N–H and O–H groups in total. The van der Waals surface area contributed by atoms with Crippen molar-refractivity contribution in [2.24, 2.45) is 4.99 Å². The summed E-state index contributed by atoms with van der Waals surface area (Å²) >= 11 is 3.44. The number of ether oxygens (including phenoxy) is 3. The molecule has 8 nitrogen and oxygen atoms in total. The Balaban J connectivity index is 1.56. The maximum Gasteiger partial charge on any atom is 0.363 e. The van der Waals surface area contributed by atoms with Gasteiger partial charge in [0.2, 0.25) is 5.90 Å². The van der Waals surface area contributed by atoms with Crippen molar-refractivity contribution in [2.45, 2.75) is 13.5 Å². The van der Waals surface area contributed by atoms with E-state index in [1.165, 1.54) is 13.2 Å². The summed E-state index contributed by atoms with van der Waals surface area (Å²) in [7, 11) is 1.53. The van der Waals surface area contributed by atoms with Gasteiger partial charge in [0.1, 0.15) is 6.61 Å². The molecule has 0 aromatic heterocycles. The predicted molar refractivity (Wildman–Crippen MR) is 130 cm³/mol. The average molecular weight is 523 g/mol. The summed E-state index contributed by atoms with van der Waals surface area (Å²) in [6.07, 6.45) is 1.55. The van der Waals surface area contributed by atoms with Crippen molar-refractivity contribution in [3.8, 4) is 11.5 Å². The van der Waals surface area contributed by atoms with Gasteiger partial charge < -0.3 is 14.2 Å². The van der Waals surface area contributed by atoms with Crippen LogP contribution < -0.4 is 9.47 Å². The third-order valence-electron chi connectivity index (χ3n) is 5.05. The zero-order valence-corrected chi connectivity index (χ0v) is 19.9. The lowest BCUT2D eigenvalue weighted by molar-refractivity contribution is -0.385. The number of carbonyl (C=O) groups excluding carboxylic acids is 1. The number of aliphatic imine (C=N–C) groups is 1. The first-order valence-corrected chi connectivity index (χ1v) is 11.0. The number of carbonyl (C=O) groups is 1.